The second kappa shape index (κ2) is 5.92. The Balaban J connectivity index is 2.24. The van der Waals surface area contributed by atoms with Crippen LogP contribution in [0.25, 0.3) is 0 Å². The monoisotopic (exact) mass is 291 g/mol. The molecular weight excluding hydrogens is 274 g/mol. The molecule has 0 fully saturated rings. The number of ether oxygens (including phenoxy) is 1. The number of anilines is 1. The van der Waals surface area contributed by atoms with Crippen molar-refractivity contribution >= 4 is 28.9 Å². The molecule has 1 aliphatic heterocycles. The number of methoxy groups -OCH3 is 1. The van der Waals surface area contributed by atoms with Gasteiger partial charge in [0.05, 0.1) is 24.4 Å². The van der Waals surface area contributed by atoms with Crippen molar-refractivity contribution in [3.05, 3.63) is 35.5 Å². The number of carbonyl (C=O) groups is 1. The predicted molar refractivity (Wildman–Crippen MR) is 82.7 cm³/mol. The first kappa shape index (κ1) is 14.3. The van der Waals surface area contributed by atoms with Gasteiger partial charge in [0.1, 0.15) is 5.75 Å². The molecule has 0 aliphatic carbocycles. The summed E-state index contributed by atoms with van der Waals surface area (Å²) in [5.74, 6) is 0.445. The number of rotatable bonds is 3. The molecule has 1 aromatic rings. The standard InChI is InChI=1S/C14H17N3O2S/c1-8-12(9(2)16-14(20)15-8)13(18)17-10-6-4-5-7-11(10)19-3/h4-8H,1-3H3,(H,17,18)(H2,15,16,20). The SMILES string of the molecule is COc1ccccc1NC(=O)C1=C(C)NC(=S)NC1C. The number of allylic oxidation sites excluding steroid dienone is 1. The number of hydrogen-bond acceptors (Lipinski definition) is 3. The van der Waals surface area contributed by atoms with E-state index in [1.54, 1.807) is 19.2 Å². The molecule has 0 saturated heterocycles. The molecule has 0 saturated carbocycles. The molecule has 1 aromatic carbocycles. The van der Waals surface area contributed by atoms with Crippen molar-refractivity contribution in [1.82, 2.24) is 10.6 Å². The highest BCUT2D eigenvalue weighted by molar-refractivity contribution is 7.80. The molecule has 1 atom stereocenters. The summed E-state index contributed by atoms with van der Waals surface area (Å²) < 4.78 is 5.22. The van der Waals surface area contributed by atoms with Crippen LogP contribution in [-0.4, -0.2) is 24.2 Å². The van der Waals surface area contributed by atoms with Crippen LogP contribution in [0.2, 0.25) is 0 Å². The van der Waals surface area contributed by atoms with E-state index in [0.717, 1.165) is 5.70 Å². The third-order valence-electron chi connectivity index (χ3n) is 3.09. The van der Waals surface area contributed by atoms with Gasteiger partial charge in [-0.3, -0.25) is 4.79 Å². The second-order valence-electron chi connectivity index (χ2n) is 4.51. The van der Waals surface area contributed by atoms with Crippen LogP contribution in [0.3, 0.4) is 0 Å². The molecule has 0 radical (unpaired) electrons. The lowest BCUT2D eigenvalue weighted by Crippen LogP contribution is -2.49. The third kappa shape index (κ3) is 2.91. The molecular formula is C14H17N3O2S. The van der Waals surface area contributed by atoms with E-state index in [-0.39, 0.29) is 11.9 Å². The smallest absolute Gasteiger partial charge is 0.255 e. The van der Waals surface area contributed by atoms with Gasteiger partial charge in [-0.25, -0.2) is 0 Å². The lowest BCUT2D eigenvalue weighted by atomic mass is 10.0. The van der Waals surface area contributed by atoms with Gasteiger partial charge in [0.25, 0.3) is 5.91 Å². The van der Waals surface area contributed by atoms with E-state index in [4.69, 9.17) is 17.0 Å². The summed E-state index contributed by atoms with van der Waals surface area (Å²) in [4.78, 5) is 12.4. The maximum absolute atomic E-state index is 12.4. The molecule has 0 spiro atoms. The van der Waals surface area contributed by atoms with Crippen LogP contribution in [0, 0.1) is 0 Å². The number of carbonyl (C=O) groups excluding carboxylic acids is 1. The van der Waals surface area contributed by atoms with Crippen LogP contribution in [0.4, 0.5) is 5.69 Å². The zero-order valence-corrected chi connectivity index (χ0v) is 12.4. The van der Waals surface area contributed by atoms with Crippen molar-refractivity contribution < 1.29 is 9.53 Å². The Morgan fingerprint density at radius 3 is 2.75 bits per heavy atom. The number of para-hydroxylation sites is 2. The molecule has 5 nitrogen and oxygen atoms in total. The highest BCUT2D eigenvalue weighted by atomic mass is 32.1. The zero-order chi connectivity index (χ0) is 14.7. The lowest BCUT2D eigenvalue weighted by molar-refractivity contribution is -0.113. The molecule has 2 rings (SSSR count). The topological polar surface area (TPSA) is 62.4 Å². The van der Waals surface area contributed by atoms with Gasteiger partial charge in [0.15, 0.2) is 5.11 Å². The Morgan fingerprint density at radius 1 is 1.40 bits per heavy atom. The average Bonchev–Trinajstić information content (AvgIpc) is 2.38. The first-order chi connectivity index (χ1) is 9.52. The summed E-state index contributed by atoms with van der Waals surface area (Å²) >= 11 is 5.06. The van der Waals surface area contributed by atoms with E-state index in [0.29, 0.717) is 22.1 Å². The Hall–Kier alpha value is -2.08. The fourth-order valence-electron chi connectivity index (χ4n) is 2.17. The normalized spacial score (nSPS) is 18.1. The average molecular weight is 291 g/mol. The van der Waals surface area contributed by atoms with Crippen molar-refractivity contribution in [2.24, 2.45) is 0 Å². The Labute approximate surface area is 123 Å². The summed E-state index contributed by atoms with van der Waals surface area (Å²) in [6, 6.07) is 7.15. The van der Waals surface area contributed by atoms with Gasteiger partial charge in [-0.2, -0.15) is 0 Å². The summed E-state index contributed by atoms with van der Waals surface area (Å²) in [7, 11) is 1.57. The van der Waals surface area contributed by atoms with Crippen molar-refractivity contribution in [2.45, 2.75) is 19.9 Å². The van der Waals surface area contributed by atoms with Crippen molar-refractivity contribution in [1.29, 1.82) is 0 Å². The van der Waals surface area contributed by atoms with Gasteiger partial charge >= 0.3 is 0 Å². The fraction of sp³-hybridized carbons (Fsp3) is 0.286. The quantitative estimate of drug-likeness (QED) is 0.741. The molecule has 1 heterocycles. The highest BCUT2D eigenvalue weighted by Gasteiger charge is 2.25. The number of benzene rings is 1. The molecule has 106 valence electrons. The van der Waals surface area contributed by atoms with Crippen LogP contribution in [-0.2, 0) is 4.79 Å². The fourth-order valence-corrected chi connectivity index (χ4v) is 2.50. The maximum atomic E-state index is 12.4. The largest absolute Gasteiger partial charge is 0.495 e. The van der Waals surface area contributed by atoms with Crippen LogP contribution in [0.5, 0.6) is 5.75 Å². The summed E-state index contributed by atoms with van der Waals surface area (Å²) in [6.45, 7) is 3.73. The van der Waals surface area contributed by atoms with Crippen LogP contribution in [0.15, 0.2) is 35.5 Å². The molecule has 1 unspecified atom stereocenters. The van der Waals surface area contributed by atoms with Gasteiger partial charge < -0.3 is 20.7 Å². The molecule has 20 heavy (non-hydrogen) atoms. The second-order valence-corrected chi connectivity index (χ2v) is 4.92. The molecule has 0 aromatic heterocycles. The summed E-state index contributed by atoms with van der Waals surface area (Å²) in [5, 5.41) is 9.38. The summed E-state index contributed by atoms with van der Waals surface area (Å²) in [6.07, 6.45) is 0. The van der Waals surface area contributed by atoms with E-state index in [1.807, 2.05) is 26.0 Å². The highest BCUT2D eigenvalue weighted by Crippen LogP contribution is 2.24. The minimum Gasteiger partial charge on any atom is -0.495 e. The number of thiocarbonyl (C=S) groups is 1. The lowest BCUT2D eigenvalue weighted by Gasteiger charge is -2.27. The molecule has 6 heteroatoms. The Bertz CT molecular complexity index is 584. The van der Waals surface area contributed by atoms with Crippen molar-refractivity contribution in [3.63, 3.8) is 0 Å². The van der Waals surface area contributed by atoms with Gasteiger partial charge in [-0.15, -0.1) is 0 Å². The van der Waals surface area contributed by atoms with Crippen molar-refractivity contribution in [2.75, 3.05) is 12.4 Å². The van der Waals surface area contributed by atoms with E-state index < -0.39 is 0 Å². The van der Waals surface area contributed by atoms with Crippen LogP contribution >= 0.6 is 12.2 Å². The molecule has 3 N–H and O–H groups in total. The molecule has 0 bridgehead atoms. The Kier molecular flexibility index (Phi) is 4.24. The van der Waals surface area contributed by atoms with E-state index >= 15 is 0 Å². The van der Waals surface area contributed by atoms with Gasteiger partial charge in [0, 0.05) is 5.70 Å². The predicted octanol–water partition coefficient (Wildman–Crippen LogP) is 1.77. The maximum Gasteiger partial charge on any atom is 0.255 e. The van der Waals surface area contributed by atoms with E-state index in [9.17, 15) is 4.79 Å². The minimum absolute atomic E-state index is 0.140. The van der Waals surface area contributed by atoms with Crippen LogP contribution in [0.1, 0.15) is 13.8 Å². The number of amides is 1. The number of nitrogens with one attached hydrogen (secondary N) is 3. The third-order valence-corrected chi connectivity index (χ3v) is 3.31. The van der Waals surface area contributed by atoms with Gasteiger partial charge in [-0.05, 0) is 38.2 Å². The van der Waals surface area contributed by atoms with E-state index in [2.05, 4.69) is 16.0 Å². The van der Waals surface area contributed by atoms with Crippen molar-refractivity contribution in [3.8, 4) is 5.75 Å². The van der Waals surface area contributed by atoms with Gasteiger partial charge in [-0.1, -0.05) is 12.1 Å². The molecule has 1 aliphatic rings. The van der Waals surface area contributed by atoms with E-state index in [1.165, 1.54) is 0 Å². The number of hydrogen-bond donors (Lipinski definition) is 3. The Morgan fingerprint density at radius 2 is 2.10 bits per heavy atom. The zero-order valence-electron chi connectivity index (χ0n) is 11.6. The van der Waals surface area contributed by atoms with Gasteiger partial charge in [0.2, 0.25) is 0 Å². The first-order valence-electron chi connectivity index (χ1n) is 6.25. The minimum atomic E-state index is -0.179. The summed E-state index contributed by atoms with van der Waals surface area (Å²) in [5.41, 5.74) is 2.03. The van der Waals surface area contributed by atoms with Crippen LogP contribution < -0.4 is 20.7 Å². The first-order valence-corrected chi connectivity index (χ1v) is 6.66. The molecule has 1 amide bonds.